The van der Waals surface area contributed by atoms with Gasteiger partial charge in [-0.15, -0.1) is 0 Å². The minimum absolute atomic E-state index is 0.504. The van der Waals surface area contributed by atoms with E-state index in [0.29, 0.717) is 5.41 Å². The molecule has 0 unspecified atom stereocenters. The maximum atomic E-state index is 3.28. The molecule has 1 nitrogen and oxygen atoms in total. The molecule has 1 aromatic heterocycles. The van der Waals surface area contributed by atoms with Gasteiger partial charge in [-0.2, -0.15) is 0 Å². The third kappa shape index (κ3) is 0.991. The van der Waals surface area contributed by atoms with Crippen molar-refractivity contribution < 1.29 is 0 Å². The molecule has 1 heteroatoms. The lowest BCUT2D eigenvalue weighted by atomic mass is 9.90. The van der Waals surface area contributed by atoms with E-state index in [9.17, 15) is 0 Å². The van der Waals surface area contributed by atoms with Crippen LogP contribution in [0.1, 0.15) is 30.7 Å². The van der Waals surface area contributed by atoms with E-state index in [0.717, 1.165) is 0 Å². The molecule has 0 amide bonds. The minimum Gasteiger partial charge on any atom is -0.365 e. The molecule has 0 atom stereocenters. The van der Waals surface area contributed by atoms with Gasteiger partial charge in [0.15, 0.2) is 0 Å². The van der Waals surface area contributed by atoms with Gasteiger partial charge in [-0.25, -0.2) is 0 Å². The van der Waals surface area contributed by atoms with Crippen LogP contribution in [0.4, 0.5) is 0 Å². The Morgan fingerprint density at radius 1 is 1.36 bits per heavy atom. The largest absolute Gasteiger partial charge is 0.365 e. The highest BCUT2D eigenvalue weighted by atomic mass is 14.7. The first-order chi connectivity index (χ1) is 5.08. The van der Waals surface area contributed by atoms with Gasteiger partial charge in [0.05, 0.1) is 0 Å². The van der Waals surface area contributed by atoms with E-state index < -0.39 is 0 Å². The highest BCUT2D eigenvalue weighted by molar-refractivity contribution is 5.36. The molecule has 11 heavy (non-hydrogen) atoms. The van der Waals surface area contributed by atoms with Crippen molar-refractivity contribution in [3.8, 4) is 0 Å². The summed E-state index contributed by atoms with van der Waals surface area (Å²) in [6, 6.07) is 0. The van der Waals surface area contributed by atoms with Gasteiger partial charge < -0.3 is 4.98 Å². The number of hydrogen-bond donors (Lipinski definition) is 1. The summed E-state index contributed by atoms with van der Waals surface area (Å²) in [7, 11) is 0. The van der Waals surface area contributed by atoms with Gasteiger partial charge in [-0.3, -0.25) is 0 Å². The first-order valence-corrected chi connectivity index (χ1v) is 4.24. The lowest BCUT2D eigenvalue weighted by Crippen LogP contribution is -2.10. The zero-order valence-electron chi connectivity index (χ0n) is 7.49. The zero-order chi connectivity index (χ0) is 8.06. The quantitative estimate of drug-likeness (QED) is 0.583. The summed E-state index contributed by atoms with van der Waals surface area (Å²) in [5.74, 6) is 0. The number of fused-ring (bicyclic) bond motifs is 1. The van der Waals surface area contributed by atoms with Gasteiger partial charge in [0, 0.05) is 11.9 Å². The number of aromatic amines is 1. The summed E-state index contributed by atoms with van der Waals surface area (Å²) in [6.07, 6.45) is 4.66. The van der Waals surface area contributed by atoms with Crippen molar-refractivity contribution in [1.29, 1.82) is 0 Å². The Labute approximate surface area is 67.8 Å². The summed E-state index contributed by atoms with van der Waals surface area (Å²) in [6.45, 7) is 6.85. The van der Waals surface area contributed by atoms with Crippen molar-refractivity contribution >= 4 is 0 Å². The van der Waals surface area contributed by atoms with Crippen molar-refractivity contribution in [2.24, 2.45) is 5.41 Å². The van der Waals surface area contributed by atoms with Gasteiger partial charge in [-0.1, -0.05) is 13.8 Å². The Balaban J connectivity index is 2.42. The van der Waals surface area contributed by atoms with Crippen molar-refractivity contribution in [3.05, 3.63) is 23.0 Å². The Morgan fingerprint density at radius 2 is 2.09 bits per heavy atom. The third-order valence-electron chi connectivity index (χ3n) is 2.63. The van der Waals surface area contributed by atoms with Crippen LogP contribution < -0.4 is 0 Å². The average Bonchev–Trinajstić information content (AvgIpc) is 2.31. The number of H-pyrrole nitrogens is 1. The summed E-state index contributed by atoms with van der Waals surface area (Å²) in [5, 5.41) is 0. The third-order valence-corrected chi connectivity index (χ3v) is 2.63. The molecular weight excluding hydrogens is 134 g/mol. The SMILES string of the molecule is Cc1[nH]cc2c1CC(C)(C)C2. The van der Waals surface area contributed by atoms with Crippen molar-refractivity contribution in [1.82, 2.24) is 4.98 Å². The molecule has 0 spiro atoms. The molecule has 60 valence electrons. The highest BCUT2D eigenvalue weighted by Gasteiger charge is 2.29. The fourth-order valence-corrected chi connectivity index (χ4v) is 2.07. The van der Waals surface area contributed by atoms with Crippen molar-refractivity contribution in [3.63, 3.8) is 0 Å². The molecule has 1 aromatic rings. The van der Waals surface area contributed by atoms with Crippen LogP contribution in [0.25, 0.3) is 0 Å². The molecule has 0 aliphatic heterocycles. The maximum Gasteiger partial charge on any atom is 0.0151 e. The average molecular weight is 149 g/mol. The number of aromatic nitrogens is 1. The fraction of sp³-hybridized carbons (Fsp3) is 0.600. The van der Waals surface area contributed by atoms with Crippen LogP contribution in [0.2, 0.25) is 0 Å². The first kappa shape index (κ1) is 6.96. The van der Waals surface area contributed by atoms with E-state index >= 15 is 0 Å². The molecule has 1 aliphatic rings. The Morgan fingerprint density at radius 3 is 2.73 bits per heavy atom. The lowest BCUT2D eigenvalue weighted by Gasteiger charge is -2.15. The normalized spacial score (nSPS) is 20.3. The molecule has 1 aliphatic carbocycles. The van der Waals surface area contributed by atoms with E-state index in [1.807, 2.05) is 0 Å². The molecule has 1 N–H and O–H groups in total. The molecule has 0 bridgehead atoms. The molecule has 0 fully saturated rings. The van der Waals surface area contributed by atoms with E-state index in [-0.39, 0.29) is 0 Å². The summed E-state index contributed by atoms with van der Waals surface area (Å²) < 4.78 is 0. The second-order valence-electron chi connectivity index (χ2n) is 4.44. The topological polar surface area (TPSA) is 15.8 Å². The summed E-state index contributed by atoms with van der Waals surface area (Å²) in [5.41, 5.74) is 4.97. The van der Waals surface area contributed by atoms with Gasteiger partial charge in [0.2, 0.25) is 0 Å². The standard InChI is InChI=1S/C10H15N/c1-7-9-5-10(2,3)4-8(9)6-11-7/h6,11H,4-5H2,1-3H3. The van der Waals surface area contributed by atoms with E-state index in [2.05, 4.69) is 32.0 Å². The predicted molar refractivity (Wildman–Crippen MR) is 46.7 cm³/mol. The Hall–Kier alpha value is -0.720. The van der Waals surface area contributed by atoms with Crippen LogP contribution in [0, 0.1) is 12.3 Å². The van der Waals surface area contributed by atoms with E-state index in [1.165, 1.54) is 24.1 Å². The highest BCUT2D eigenvalue weighted by Crippen LogP contribution is 2.37. The number of hydrogen-bond acceptors (Lipinski definition) is 0. The summed E-state index contributed by atoms with van der Waals surface area (Å²) >= 11 is 0. The molecule has 0 saturated carbocycles. The van der Waals surface area contributed by atoms with Crippen LogP contribution in [0.5, 0.6) is 0 Å². The zero-order valence-corrected chi connectivity index (χ0v) is 7.49. The molecular formula is C10H15N. The van der Waals surface area contributed by atoms with Gasteiger partial charge in [-0.05, 0) is 36.3 Å². The molecule has 1 heterocycles. The Bertz CT molecular complexity index is 281. The van der Waals surface area contributed by atoms with Crippen molar-refractivity contribution in [2.75, 3.05) is 0 Å². The number of nitrogens with one attached hydrogen (secondary N) is 1. The summed E-state index contributed by atoms with van der Waals surface area (Å²) in [4.78, 5) is 3.28. The molecule has 0 aromatic carbocycles. The second kappa shape index (κ2) is 1.90. The number of rotatable bonds is 0. The van der Waals surface area contributed by atoms with Crippen LogP contribution in [0.3, 0.4) is 0 Å². The smallest absolute Gasteiger partial charge is 0.0151 e. The van der Waals surface area contributed by atoms with Crippen LogP contribution in [-0.4, -0.2) is 4.98 Å². The fourth-order valence-electron chi connectivity index (χ4n) is 2.07. The van der Waals surface area contributed by atoms with Crippen LogP contribution in [0.15, 0.2) is 6.20 Å². The van der Waals surface area contributed by atoms with Crippen LogP contribution >= 0.6 is 0 Å². The number of aryl methyl sites for hydroxylation is 1. The van der Waals surface area contributed by atoms with Crippen LogP contribution in [-0.2, 0) is 12.8 Å². The lowest BCUT2D eigenvalue weighted by molar-refractivity contribution is 0.391. The van der Waals surface area contributed by atoms with E-state index in [4.69, 9.17) is 0 Å². The molecule has 0 radical (unpaired) electrons. The monoisotopic (exact) mass is 149 g/mol. The van der Waals surface area contributed by atoms with E-state index in [1.54, 1.807) is 5.56 Å². The predicted octanol–water partition coefficient (Wildman–Crippen LogP) is 2.45. The first-order valence-electron chi connectivity index (χ1n) is 4.24. The van der Waals surface area contributed by atoms with Crippen molar-refractivity contribution in [2.45, 2.75) is 33.6 Å². The van der Waals surface area contributed by atoms with Gasteiger partial charge >= 0.3 is 0 Å². The Kier molecular flexibility index (Phi) is 1.20. The minimum atomic E-state index is 0.504. The maximum absolute atomic E-state index is 3.28. The van der Waals surface area contributed by atoms with Gasteiger partial charge in [0.25, 0.3) is 0 Å². The second-order valence-corrected chi connectivity index (χ2v) is 4.44. The molecule has 0 saturated heterocycles. The molecule has 2 rings (SSSR count). The van der Waals surface area contributed by atoms with Gasteiger partial charge in [0.1, 0.15) is 0 Å².